The first-order valence-corrected chi connectivity index (χ1v) is 9.48. The van der Waals surface area contributed by atoms with Gasteiger partial charge in [0.15, 0.2) is 0 Å². The highest BCUT2D eigenvalue weighted by Gasteiger charge is 2.28. The van der Waals surface area contributed by atoms with Crippen molar-refractivity contribution in [2.75, 3.05) is 11.9 Å². The summed E-state index contributed by atoms with van der Waals surface area (Å²) in [7, 11) is 0. The van der Waals surface area contributed by atoms with Crippen LogP contribution < -0.4 is 5.32 Å². The lowest BCUT2D eigenvalue weighted by molar-refractivity contribution is -0.138. The molecule has 2 heterocycles. The zero-order valence-electron chi connectivity index (χ0n) is 16.6. The molecule has 0 radical (unpaired) electrons. The summed E-state index contributed by atoms with van der Waals surface area (Å²) in [4.78, 5) is 36.6. The Kier molecular flexibility index (Phi) is 5.63. The van der Waals surface area contributed by atoms with E-state index in [2.05, 4.69) is 55.5 Å². The monoisotopic (exact) mass is 382 g/mol. The quantitative estimate of drug-likeness (QED) is 0.779. The van der Waals surface area contributed by atoms with Gasteiger partial charge in [-0.1, -0.05) is 45.0 Å². The first kappa shape index (κ1) is 19.8. The summed E-state index contributed by atoms with van der Waals surface area (Å²) < 4.78 is 1.72. The molecule has 0 aliphatic carbocycles. The lowest BCUT2D eigenvalue weighted by Crippen LogP contribution is -2.32. The van der Waals surface area contributed by atoms with Gasteiger partial charge in [-0.15, -0.1) is 0 Å². The molecule has 1 N–H and O–H groups in total. The van der Waals surface area contributed by atoms with Gasteiger partial charge >= 0.3 is 0 Å². The van der Waals surface area contributed by atoms with Crippen molar-refractivity contribution in [1.29, 1.82) is 0 Å². The van der Waals surface area contributed by atoms with E-state index in [4.69, 9.17) is 0 Å². The number of nitrogens with one attached hydrogen (secondary N) is 1. The molecule has 28 heavy (non-hydrogen) atoms. The van der Waals surface area contributed by atoms with E-state index in [1.807, 2.05) is 0 Å². The van der Waals surface area contributed by atoms with Gasteiger partial charge in [0.1, 0.15) is 5.82 Å². The summed E-state index contributed by atoms with van der Waals surface area (Å²) in [6.45, 7) is 7.17. The lowest BCUT2D eigenvalue weighted by Gasteiger charge is -2.19. The molecule has 7 heteroatoms. The molecular formula is C21H26N4O3. The maximum atomic E-state index is 12.2. The fourth-order valence-corrected chi connectivity index (χ4v) is 3.14. The predicted molar refractivity (Wildman–Crippen MR) is 106 cm³/mol. The normalized spacial score (nSPS) is 14.6. The van der Waals surface area contributed by atoms with Gasteiger partial charge in [0.2, 0.25) is 17.7 Å². The molecule has 1 aliphatic rings. The largest absolute Gasteiger partial charge is 0.311 e. The van der Waals surface area contributed by atoms with Crippen LogP contribution in [0.25, 0.3) is 0 Å². The zero-order valence-corrected chi connectivity index (χ0v) is 16.6. The van der Waals surface area contributed by atoms with Crippen LogP contribution in [0.15, 0.2) is 36.5 Å². The van der Waals surface area contributed by atoms with Crippen molar-refractivity contribution >= 4 is 23.5 Å². The van der Waals surface area contributed by atoms with E-state index in [0.29, 0.717) is 12.4 Å². The van der Waals surface area contributed by atoms with Crippen molar-refractivity contribution in [2.45, 2.75) is 52.0 Å². The van der Waals surface area contributed by atoms with Gasteiger partial charge in [-0.2, -0.15) is 5.10 Å². The fourth-order valence-electron chi connectivity index (χ4n) is 3.14. The minimum atomic E-state index is -0.252. The second kappa shape index (κ2) is 7.96. The highest BCUT2D eigenvalue weighted by Crippen LogP contribution is 2.22. The van der Waals surface area contributed by atoms with Gasteiger partial charge in [-0.3, -0.25) is 19.3 Å². The van der Waals surface area contributed by atoms with E-state index in [1.165, 1.54) is 5.56 Å². The maximum Gasteiger partial charge on any atom is 0.229 e. The maximum absolute atomic E-state index is 12.2. The van der Waals surface area contributed by atoms with Crippen LogP contribution >= 0.6 is 0 Å². The Labute approximate surface area is 164 Å². The summed E-state index contributed by atoms with van der Waals surface area (Å²) in [6, 6.07) is 10.1. The standard InChI is InChI=1S/C21H26N4O3/c1-21(2,3)16-6-4-15(5-7-16)14-25-17(10-12-22-25)23-18(26)11-13-24-19(27)8-9-20(24)28/h4-7,10,12H,8-9,11,13-14H2,1-3H3,(H,23,26). The first-order chi connectivity index (χ1) is 13.2. The molecule has 1 aliphatic heterocycles. The van der Waals surface area contributed by atoms with Crippen molar-refractivity contribution in [1.82, 2.24) is 14.7 Å². The highest BCUT2D eigenvalue weighted by molar-refractivity contribution is 6.02. The van der Waals surface area contributed by atoms with Crippen LogP contribution in [0, 0.1) is 0 Å². The van der Waals surface area contributed by atoms with Crippen LogP contribution in [-0.4, -0.2) is 38.9 Å². The summed E-state index contributed by atoms with van der Waals surface area (Å²) in [5.74, 6) is -0.0793. The van der Waals surface area contributed by atoms with E-state index in [-0.39, 0.29) is 48.9 Å². The molecule has 1 saturated heterocycles. The molecule has 0 atom stereocenters. The minimum absolute atomic E-state index is 0.0724. The molecule has 0 bridgehead atoms. The molecule has 3 rings (SSSR count). The number of benzene rings is 1. The van der Waals surface area contributed by atoms with Gasteiger partial charge in [-0.25, -0.2) is 4.68 Å². The Morgan fingerprint density at radius 3 is 2.32 bits per heavy atom. The molecule has 1 aromatic carbocycles. The average Bonchev–Trinajstić information content (AvgIpc) is 3.19. The lowest BCUT2D eigenvalue weighted by atomic mass is 9.87. The number of hydrogen-bond donors (Lipinski definition) is 1. The van der Waals surface area contributed by atoms with E-state index in [0.717, 1.165) is 10.5 Å². The van der Waals surface area contributed by atoms with Gasteiger partial charge in [-0.05, 0) is 16.5 Å². The molecule has 1 fully saturated rings. The molecule has 2 aromatic rings. The Morgan fingerprint density at radius 2 is 1.71 bits per heavy atom. The number of nitrogens with zero attached hydrogens (tertiary/aromatic N) is 3. The molecule has 1 aromatic heterocycles. The second-order valence-electron chi connectivity index (χ2n) is 8.06. The van der Waals surface area contributed by atoms with Crippen molar-refractivity contribution in [2.24, 2.45) is 0 Å². The number of imide groups is 1. The van der Waals surface area contributed by atoms with Crippen LogP contribution in [0.1, 0.15) is 51.2 Å². The van der Waals surface area contributed by atoms with Gasteiger partial charge in [0.05, 0.1) is 12.7 Å². The molecule has 7 nitrogen and oxygen atoms in total. The number of likely N-dealkylation sites (tertiary alicyclic amines) is 1. The van der Waals surface area contributed by atoms with Crippen molar-refractivity contribution in [3.05, 3.63) is 47.7 Å². The first-order valence-electron chi connectivity index (χ1n) is 9.48. The smallest absolute Gasteiger partial charge is 0.229 e. The van der Waals surface area contributed by atoms with Crippen molar-refractivity contribution in [3.63, 3.8) is 0 Å². The number of carbonyl (C=O) groups is 3. The number of hydrogen-bond acceptors (Lipinski definition) is 4. The number of aromatic nitrogens is 2. The van der Waals surface area contributed by atoms with Crippen molar-refractivity contribution in [3.8, 4) is 0 Å². The Morgan fingerprint density at radius 1 is 1.07 bits per heavy atom. The van der Waals surface area contributed by atoms with Crippen LogP contribution in [0.3, 0.4) is 0 Å². The predicted octanol–water partition coefficient (Wildman–Crippen LogP) is 2.71. The highest BCUT2D eigenvalue weighted by atomic mass is 16.2. The van der Waals surface area contributed by atoms with Gasteiger partial charge in [0, 0.05) is 31.9 Å². The Bertz CT molecular complexity index is 862. The summed E-state index contributed by atoms with van der Waals surface area (Å²) in [6.07, 6.45) is 2.18. The van der Waals surface area contributed by atoms with E-state index >= 15 is 0 Å². The van der Waals surface area contributed by atoms with Crippen molar-refractivity contribution < 1.29 is 14.4 Å². The van der Waals surface area contributed by atoms with Gasteiger partial charge in [0.25, 0.3) is 0 Å². The number of carbonyl (C=O) groups excluding carboxylic acids is 3. The topological polar surface area (TPSA) is 84.3 Å². The molecule has 0 unspecified atom stereocenters. The molecule has 0 spiro atoms. The molecule has 0 saturated carbocycles. The molecule has 148 valence electrons. The SMILES string of the molecule is CC(C)(C)c1ccc(Cn2nccc2NC(=O)CCN2C(=O)CCC2=O)cc1. The fraction of sp³-hybridized carbons (Fsp3) is 0.429. The number of rotatable bonds is 6. The molecular weight excluding hydrogens is 356 g/mol. The van der Waals surface area contributed by atoms with E-state index < -0.39 is 0 Å². The Hall–Kier alpha value is -2.96. The third-order valence-electron chi connectivity index (χ3n) is 4.85. The van der Waals surface area contributed by atoms with Crippen LogP contribution in [0.5, 0.6) is 0 Å². The van der Waals surface area contributed by atoms with Crippen LogP contribution in [0.4, 0.5) is 5.82 Å². The van der Waals surface area contributed by atoms with Gasteiger partial charge < -0.3 is 5.32 Å². The summed E-state index contributed by atoms with van der Waals surface area (Å²) >= 11 is 0. The number of amides is 3. The minimum Gasteiger partial charge on any atom is -0.311 e. The summed E-state index contributed by atoms with van der Waals surface area (Å²) in [5, 5.41) is 7.09. The third-order valence-corrected chi connectivity index (χ3v) is 4.85. The third kappa shape index (κ3) is 4.65. The summed E-state index contributed by atoms with van der Waals surface area (Å²) in [5.41, 5.74) is 2.44. The number of anilines is 1. The van der Waals surface area contributed by atoms with E-state index in [9.17, 15) is 14.4 Å². The zero-order chi connectivity index (χ0) is 20.3. The Balaban J connectivity index is 1.58. The average molecular weight is 382 g/mol. The second-order valence-corrected chi connectivity index (χ2v) is 8.06. The molecule has 3 amide bonds. The van der Waals surface area contributed by atoms with Crippen LogP contribution in [0.2, 0.25) is 0 Å². The van der Waals surface area contributed by atoms with Crippen LogP contribution in [-0.2, 0) is 26.3 Å². The van der Waals surface area contributed by atoms with E-state index in [1.54, 1.807) is 16.9 Å².